The lowest BCUT2D eigenvalue weighted by atomic mass is 10.1. The van der Waals surface area contributed by atoms with E-state index in [1.807, 2.05) is 45.5 Å². The van der Waals surface area contributed by atoms with Crippen LogP contribution in [0.15, 0.2) is 65.0 Å². The third kappa shape index (κ3) is 4.65. The number of hydrogen-bond donors (Lipinski definition) is 0. The zero-order valence-corrected chi connectivity index (χ0v) is 19.0. The molecule has 1 saturated heterocycles. The highest BCUT2D eigenvalue weighted by molar-refractivity contribution is 7.10. The van der Waals surface area contributed by atoms with Crippen molar-refractivity contribution in [2.24, 2.45) is 4.99 Å². The lowest BCUT2D eigenvalue weighted by molar-refractivity contribution is -0.137. The van der Waals surface area contributed by atoms with Crippen molar-refractivity contribution in [1.82, 2.24) is 9.80 Å². The van der Waals surface area contributed by atoms with Crippen molar-refractivity contribution in [3.8, 4) is 11.5 Å². The second-order valence-corrected chi connectivity index (χ2v) is 9.22. The quantitative estimate of drug-likeness (QED) is 0.466. The molecule has 2 aromatic carbocycles. The minimum Gasteiger partial charge on any atom is -0.454 e. The van der Waals surface area contributed by atoms with Crippen LogP contribution in [0.2, 0.25) is 0 Å². The highest BCUT2D eigenvalue weighted by Crippen LogP contribution is 2.41. The van der Waals surface area contributed by atoms with E-state index in [0.29, 0.717) is 49.7 Å². The molecule has 0 spiro atoms. The van der Waals surface area contributed by atoms with Gasteiger partial charge in [-0.25, -0.2) is 4.99 Å². The minimum absolute atomic E-state index is 0.0796. The topological polar surface area (TPSA) is 45.1 Å². The van der Waals surface area contributed by atoms with Gasteiger partial charge in [0, 0.05) is 31.1 Å². The molecule has 0 saturated carbocycles. The number of amides is 1. The molecule has 2 aliphatic heterocycles. The summed E-state index contributed by atoms with van der Waals surface area (Å²) in [5.74, 6) is 1.45. The van der Waals surface area contributed by atoms with E-state index < -0.39 is 11.7 Å². The van der Waals surface area contributed by atoms with Crippen LogP contribution in [-0.4, -0.2) is 47.7 Å². The molecule has 0 bridgehead atoms. The monoisotopic (exact) mass is 485 g/mol. The van der Waals surface area contributed by atoms with Gasteiger partial charge in [0.15, 0.2) is 5.75 Å². The van der Waals surface area contributed by atoms with Crippen LogP contribution in [0.3, 0.4) is 0 Å². The van der Waals surface area contributed by atoms with Crippen molar-refractivity contribution < 1.29 is 22.7 Å². The highest BCUT2D eigenvalue weighted by atomic mass is 32.1. The van der Waals surface area contributed by atoms with E-state index in [9.17, 15) is 18.0 Å². The summed E-state index contributed by atoms with van der Waals surface area (Å²) in [6, 6.07) is 14.5. The third-order valence-corrected chi connectivity index (χ3v) is 6.79. The summed E-state index contributed by atoms with van der Waals surface area (Å²) in [7, 11) is 0. The molecule has 0 atom stereocenters. The van der Waals surface area contributed by atoms with Gasteiger partial charge in [-0.15, -0.1) is 11.3 Å². The Kier molecular flexibility index (Phi) is 6.03. The van der Waals surface area contributed by atoms with E-state index in [1.54, 1.807) is 17.4 Å². The fourth-order valence-corrected chi connectivity index (χ4v) is 4.89. The zero-order chi connectivity index (χ0) is 23.7. The van der Waals surface area contributed by atoms with Crippen molar-refractivity contribution in [2.45, 2.75) is 19.0 Å². The third-order valence-electron chi connectivity index (χ3n) is 5.91. The number of halogens is 3. The number of carbonyl (C=O) groups excluding carboxylic acids is 1. The molecular weight excluding hydrogens is 463 g/mol. The number of para-hydroxylation sites is 1. The first-order chi connectivity index (χ1) is 16.4. The number of nitrogens with zero attached hydrogens (tertiary/aromatic N) is 3. The van der Waals surface area contributed by atoms with Gasteiger partial charge in [0.1, 0.15) is 17.3 Å². The lowest BCUT2D eigenvalue weighted by Crippen LogP contribution is -2.38. The second kappa shape index (κ2) is 9.13. The van der Waals surface area contributed by atoms with Crippen LogP contribution < -0.4 is 4.74 Å². The second-order valence-electron chi connectivity index (χ2n) is 8.19. The maximum atomic E-state index is 13.3. The number of carbonyl (C=O) groups is 1. The Morgan fingerprint density at radius 3 is 2.65 bits per heavy atom. The van der Waals surface area contributed by atoms with E-state index in [1.165, 1.54) is 6.07 Å². The smallest absolute Gasteiger partial charge is 0.416 e. The van der Waals surface area contributed by atoms with Gasteiger partial charge in [0.05, 0.1) is 17.5 Å². The number of ether oxygens (including phenoxy) is 1. The molecule has 0 N–H and O–H groups in total. The molecule has 1 amide bonds. The standard InChI is InChI=1S/C25H22F3N3O2S/c26-25(27,28)17-8-9-22-20(15-17)29-24(19-6-1-2-7-21(19)33-22)31-11-4-10-30(12-13-31)23(32)16-18-5-3-14-34-18/h1-3,5-9,14-15H,4,10-13,16H2. The van der Waals surface area contributed by atoms with Crippen LogP contribution in [-0.2, 0) is 17.4 Å². The molecule has 34 heavy (non-hydrogen) atoms. The van der Waals surface area contributed by atoms with Crippen LogP contribution in [0.4, 0.5) is 18.9 Å². The van der Waals surface area contributed by atoms with Gasteiger partial charge in [-0.05, 0) is 48.2 Å². The Labute approximate surface area is 199 Å². The number of hydrogen-bond acceptors (Lipinski definition) is 5. The van der Waals surface area contributed by atoms with Gasteiger partial charge in [-0.1, -0.05) is 18.2 Å². The summed E-state index contributed by atoms with van der Waals surface area (Å²) in [6.45, 7) is 2.30. The Bertz CT molecular complexity index is 1220. The number of thiophene rings is 1. The normalized spacial score (nSPS) is 16.0. The van der Waals surface area contributed by atoms with Crippen molar-refractivity contribution in [3.05, 3.63) is 76.0 Å². The Morgan fingerprint density at radius 2 is 1.85 bits per heavy atom. The first-order valence-electron chi connectivity index (χ1n) is 11.0. The van der Waals surface area contributed by atoms with Crippen molar-refractivity contribution in [1.29, 1.82) is 0 Å². The molecule has 1 aromatic heterocycles. The van der Waals surface area contributed by atoms with E-state index in [4.69, 9.17) is 4.74 Å². The molecular formula is C25H22F3N3O2S. The van der Waals surface area contributed by atoms with E-state index in [-0.39, 0.29) is 17.3 Å². The largest absolute Gasteiger partial charge is 0.454 e. The van der Waals surface area contributed by atoms with Gasteiger partial charge in [-0.2, -0.15) is 13.2 Å². The van der Waals surface area contributed by atoms with E-state index in [2.05, 4.69) is 4.99 Å². The zero-order valence-electron chi connectivity index (χ0n) is 18.2. The molecule has 1 fully saturated rings. The highest BCUT2D eigenvalue weighted by Gasteiger charge is 2.32. The number of aliphatic imine (C=N–C) groups is 1. The van der Waals surface area contributed by atoms with Gasteiger partial charge in [-0.3, -0.25) is 4.79 Å². The van der Waals surface area contributed by atoms with Crippen molar-refractivity contribution >= 4 is 28.8 Å². The van der Waals surface area contributed by atoms with Crippen LogP contribution in [0.5, 0.6) is 11.5 Å². The van der Waals surface area contributed by atoms with Gasteiger partial charge in [0.2, 0.25) is 5.91 Å². The summed E-state index contributed by atoms with van der Waals surface area (Å²) in [4.78, 5) is 22.4. The molecule has 0 aliphatic carbocycles. The molecule has 5 rings (SSSR count). The number of alkyl halides is 3. The first-order valence-corrected chi connectivity index (χ1v) is 11.9. The Morgan fingerprint density at radius 1 is 1.00 bits per heavy atom. The fourth-order valence-electron chi connectivity index (χ4n) is 4.19. The van der Waals surface area contributed by atoms with Crippen LogP contribution in [0, 0.1) is 0 Å². The van der Waals surface area contributed by atoms with Crippen LogP contribution in [0.1, 0.15) is 22.4 Å². The number of rotatable bonds is 2. The number of amidine groups is 1. The Balaban J connectivity index is 1.44. The SMILES string of the molecule is O=C(Cc1cccs1)N1CCCN(C2=Nc3cc(C(F)(F)F)ccc3Oc3ccccc32)CC1. The van der Waals surface area contributed by atoms with Gasteiger partial charge < -0.3 is 14.5 Å². The molecule has 5 nitrogen and oxygen atoms in total. The predicted octanol–water partition coefficient (Wildman–Crippen LogP) is 5.73. The molecule has 9 heteroatoms. The molecule has 3 aromatic rings. The summed E-state index contributed by atoms with van der Waals surface area (Å²) in [6.07, 6.45) is -3.37. The number of fused-ring (bicyclic) bond motifs is 2. The van der Waals surface area contributed by atoms with Crippen LogP contribution >= 0.6 is 11.3 Å². The minimum atomic E-state index is -4.48. The van der Waals surface area contributed by atoms with E-state index >= 15 is 0 Å². The average Bonchev–Trinajstić information content (AvgIpc) is 3.11. The predicted molar refractivity (Wildman–Crippen MR) is 125 cm³/mol. The average molecular weight is 486 g/mol. The van der Waals surface area contributed by atoms with Crippen molar-refractivity contribution in [2.75, 3.05) is 26.2 Å². The summed E-state index contributed by atoms with van der Waals surface area (Å²) in [5, 5.41) is 1.96. The van der Waals surface area contributed by atoms with Gasteiger partial charge in [0.25, 0.3) is 0 Å². The summed E-state index contributed by atoms with van der Waals surface area (Å²) >= 11 is 1.56. The molecule has 2 aliphatic rings. The molecule has 3 heterocycles. The van der Waals surface area contributed by atoms with Crippen molar-refractivity contribution in [3.63, 3.8) is 0 Å². The molecule has 0 radical (unpaired) electrons. The molecule has 0 unspecified atom stereocenters. The fraction of sp³-hybridized carbons (Fsp3) is 0.280. The maximum Gasteiger partial charge on any atom is 0.416 e. The Hall–Kier alpha value is -3.33. The first kappa shape index (κ1) is 22.5. The number of benzene rings is 2. The summed E-state index contributed by atoms with van der Waals surface area (Å²) < 4.78 is 46.0. The molecule has 176 valence electrons. The summed E-state index contributed by atoms with van der Waals surface area (Å²) in [5.41, 5.74) is 0.0756. The van der Waals surface area contributed by atoms with E-state index in [0.717, 1.165) is 23.4 Å². The lowest BCUT2D eigenvalue weighted by Gasteiger charge is -2.25. The maximum absolute atomic E-state index is 13.3. The van der Waals surface area contributed by atoms with Crippen LogP contribution in [0.25, 0.3) is 0 Å². The van der Waals surface area contributed by atoms with Gasteiger partial charge >= 0.3 is 6.18 Å².